The van der Waals surface area contributed by atoms with Crippen LogP contribution in [0.4, 0.5) is 0 Å². The summed E-state index contributed by atoms with van der Waals surface area (Å²) in [7, 11) is 0. The Kier molecular flexibility index (Phi) is 4.27. The first-order valence-electron chi connectivity index (χ1n) is 6.64. The van der Waals surface area contributed by atoms with Gasteiger partial charge in [0.1, 0.15) is 5.76 Å². The summed E-state index contributed by atoms with van der Waals surface area (Å²) < 4.78 is 0. The number of Topliss-reactive ketones (excluding diaryl/α,β-unsaturated/α-hetero) is 1. The number of carbonyl (C=O) groups excluding carboxylic acids is 2. The number of aliphatic hydroxyl groups is 1. The minimum Gasteiger partial charge on any atom is -0.511 e. The summed E-state index contributed by atoms with van der Waals surface area (Å²) in [5.74, 6) is -0.425. The van der Waals surface area contributed by atoms with E-state index in [1.165, 1.54) is 11.3 Å². The van der Waals surface area contributed by atoms with Crippen LogP contribution in [-0.2, 0) is 4.79 Å². The molecule has 0 bridgehead atoms. The van der Waals surface area contributed by atoms with Crippen LogP contribution < -0.4 is 5.43 Å². The molecule has 1 heterocycles. The van der Waals surface area contributed by atoms with Crippen LogP contribution in [-0.4, -0.2) is 22.5 Å². The molecule has 0 unspecified atom stereocenters. The van der Waals surface area contributed by atoms with Crippen LogP contribution in [0.5, 0.6) is 0 Å². The molecule has 1 aliphatic rings. The minimum atomic E-state index is -0.326. The summed E-state index contributed by atoms with van der Waals surface area (Å²) in [6, 6.07) is 3.47. The lowest BCUT2D eigenvalue weighted by Crippen LogP contribution is -2.29. The van der Waals surface area contributed by atoms with E-state index in [4.69, 9.17) is 0 Å². The molecule has 0 atom stereocenters. The number of hydrogen-bond acceptors (Lipinski definition) is 5. The molecular weight excluding hydrogens is 288 g/mol. The molecule has 6 heteroatoms. The lowest BCUT2D eigenvalue weighted by molar-refractivity contribution is -0.117. The Morgan fingerprint density at radius 1 is 1.43 bits per heavy atom. The van der Waals surface area contributed by atoms with Gasteiger partial charge in [-0.1, -0.05) is 19.9 Å². The third-order valence-corrected chi connectivity index (χ3v) is 4.15. The Balaban J connectivity index is 2.15. The average Bonchev–Trinajstić information content (AvgIpc) is 2.87. The first-order valence-corrected chi connectivity index (χ1v) is 7.52. The van der Waals surface area contributed by atoms with Gasteiger partial charge >= 0.3 is 0 Å². The van der Waals surface area contributed by atoms with Crippen LogP contribution in [0.15, 0.2) is 33.9 Å². The van der Waals surface area contributed by atoms with Crippen molar-refractivity contribution in [3.8, 4) is 0 Å². The molecule has 1 aliphatic carbocycles. The maximum absolute atomic E-state index is 12.1. The van der Waals surface area contributed by atoms with Crippen LogP contribution in [0.3, 0.4) is 0 Å². The number of nitrogens with zero attached hydrogens (tertiary/aromatic N) is 1. The molecular formula is C15H18N2O3S. The van der Waals surface area contributed by atoms with E-state index in [0.717, 1.165) is 0 Å². The molecule has 0 radical (unpaired) electrons. The second-order valence-electron chi connectivity index (χ2n) is 5.88. The van der Waals surface area contributed by atoms with Crippen molar-refractivity contribution in [1.82, 2.24) is 5.43 Å². The molecule has 5 nitrogen and oxygen atoms in total. The third kappa shape index (κ3) is 3.58. The monoisotopic (exact) mass is 306 g/mol. The number of hydrazone groups is 1. The van der Waals surface area contributed by atoms with Crippen LogP contribution in [0, 0.1) is 5.41 Å². The van der Waals surface area contributed by atoms with Crippen LogP contribution in [0.1, 0.15) is 43.3 Å². The maximum atomic E-state index is 12.1. The average molecular weight is 306 g/mol. The van der Waals surface area contributed by atoms with E-state index < -0.39 is 0 Å². The highest BCUT2D eigenvalue weighted by atomic mass is 32.1. The van der Waals surface area contributed by atoms with Crippen molar-refractivity contribution in [1.29, 1.82) is 0 Å². The number of carbonyl (C=O) groups is 2. The molecule has 1 aromatic rings. The Labute approximate surface area is 127 Å². The Morgan fingerprint density at radius 2 is 2.14 bits per heavy atom. The van der Waals surface area contributed by atoms with E-state index in [2.05, 4.69) is 10.5 Å². The van der Waals surface area contributed by atoms with Gasteiger partial charge in [0.15, 0.2) is 5.78 Å². The van der Waals surface area contributed by atoms with Crippen molar-refractivity contribution < 1.29 is 14.7 Å². The van der Waals surface area contributed by atoms with E-state index in [1.54, 1.807) is 24.4 Å². The first-order chi connectivity index (χ1) is 9.80. The predicted octanol–water partition coefficient (Wildman–Crippen LogP) is 3.06. The van der Waals surface area contributed by atoms with Crippen LogP contribution in [0.25, 0.3) is 0 Å². The van der Waals surface area contributed by atoms with Gasteiger partial charge in [-0.15, -0.1) is 11.3 Å². The van der Waals surface area contributed by atoms with Crippen molar-refractivity contribution in [2.45, 2.75) is 33.6 Å². The number of allylic oxidation sites excluding steroid dienone is 2. The van der Waals surface area contributed by atoms with E-state index >= 15 is 0 Å². The molecule has 0 spiro atoms. The summed E-state index contributed by atoms with van der Waals surface area (Å²) in [4.78, 5) is 24.5. The molecule has 0 aliphatic heterocycles. The zero-order valence-electron chi connectivity index (χ0n) is 12.3. The van der Waals surface area contributed by atoms with E-state index in [-0.39, 0.29) is 28.4 Å². The number of rotatable bonds is 3. The highest BCUT2D eigenvalue weighted by Crippen LogP contribution is 2.35. The van der Waals surface area contributed by atoms with Gasteiger partial charge in [0.25, 0.3) is 5.91 Å². The Bertz CT molecular complexity index is 627. The lowest BCUT2D eigenvalue weighted by Gasteiger charge is -2.29. The van der Waals surface area contributed by atoms with Crippen LogP contribution in [0.2, 0.25) is 0 Å². The van der Waals surface area contributed by atoms with Crippen molar-refractivity contribution in [3.63, 3.8) is 0 Å². The standard InChI is InChI=1S/C15H18N2O3S/c1-9(16-17-14(20)12-5-4-6-21-12)13-10(18)7-15(2,3)8-11(13)19/h4-6,18H,7-8H2,1-3H3,(H,17,20)/b16-9+. The molecule has 1 aromatic heterocycles. The number of ketones is 1. The molecule has 0 saturated heterocycles. The van der Waals surface area contributed by atoms with Crippen molar-refractivity contribution >= 4 is 28.7 Å². The largest absolute Gasteiger partial charge is 0.511 e. The van der Waals surface area contributed by atoms with Crippen molar-refractivity contribution in [3.05, 3.63) is 33.7 Å². The summed E-state index contributed by atoms with van der Waals surface area (Å²) in [6.07, 6.45) is 0.790. The fraction of sp³-hybridized carbons (Fsp3) is 0.400. The van der Waals surface area contributed by atoms with Gasteiger partial charge in [-0.25, -0.2) is 5.43 Å². The molecule has 112 valence electrons. The summed E-state index contributed by atoms with van der Waals surface area (Å²) >= 11 is 1.31. The Hall–Kier alpha value is -1.95. The van der Waals surface area contributed by atoms with Gasteiger partial charge in [-0.2, -0.15) is 5.10 Å². The number of aliphatic hydroxyl groups excluding tert-OH is 1. The quantitative estimate of drug-likeness (QED) is 0.665. The maximum Gasteiger partial charge on any atom is 0.281 e. The fourth-order valence-corrected chi connectivity index (χ4v) is 2.97. The summed E-state index contributed by atoms with van der Waals surface area (Å²) in [5, 5.41) is 15.8. The molecule has 2 rings (SSSR count). The van der Waals surface area contributed by atoms with Gasteiger partial charge in [-0.3, -0.25) is 9.59 Å². The highest BCUT2D eigenvalue weighted by molar-refractivity contribution is 7.12. The summed E-state index contributed by atoms with van der Waals surface area (Å²) in [6.45, 7) is 5.47. The number of nitrogens with one attached hydrogen (secondary N) is 1. The SMILES string of the molecule is C/C(=N\NC(=O)c1cccs1)C1=C(O)CC(C)(C)CC1=O. The first kappa shape index (κ1) is 15.4. The second-order valence-corrected chi connectivity index (χ2v) is 6.83. The van der Waals surface area contributed by atoms with E-state index in [0.29, 0.717) is 23.4 Å². The molecule has 1 amide bonds. The lowest BCUT2D eigenvalue weighted by atomic mass is 9.76. The smallest absolute Gasteiger partial charge is 0.281 e. The van der Waals surface area contributed by atoms with Crippen molar-refractivity contribution in [2.24, 2.45) is 10.5 Å². The molecule has 21 heavy (non-hydrogen) atoms. The zero-order valence-corrected chi connectivity index (χ0v) is 13.1. The predicted molar refractivity (Wildman–Crippen MR) is 82.6 cm³/mol. The van der Waals surface area contributed by atoms with Gasteiger partial charge in [0.05, 0.1) is 16.2 Å². The second kappa shape index (κ2) is 5.81. The summed E-state index contributed by atoms with van der Waals surface area (Å²) in [5.41, 5.74) is 2.72. The van der Waals surface area contributed by atoms with E-state index in [1.807, 2.05) is 13.8 Å². The van der Waals surface area contributed by atoms with Crippen LogP contribution >= 0.6 is 11.3 Å². The number of amides is 1. The molecule has 2 N–H and O–H groups in total. The van der Waals surface area contributed by atoms with Gasteiger partial charge in [0.2, 0.25) is 0 Å². The highest BCUT2D eigenvalue weighted by Gasteiger charge is 2.34. The van der Waals surface area contributed by atoms with Gasteiger partial charge in [0, 0.05) is 12.8 Å². The van der Waals surface area contributed by atoms with Crippen molar-refractivity contribution in [2.75, 3.05) is 0 Å². The third-order valence-electron chi connectivity index (χ3n) is 3.28. The normalized spacial score (nSPS) is 18.8. The van der Waals surface area contributed by atoms with Gasteiger partial charge < -0.3 is 5.11 Å². The number of hydrogen-bond donors (Lipinski definition) is 2. The molecule has 0 aromatic carbocycles. The van der Waals surface area contributed by atoms with Gasteiger partial charge in [-0.05, 0) is 23.8 Å². The van der Waals surface area contributed by atoms with E-state index in [9.17, 15) is 14.7 Å². The Morgan fingerprint density at radius 3 is 2.71 bits per heavy atom. The minimum absolute atomic E-state index is 0.0443. The number of thiophene rings is 1. The molecule has 0 fully saturated rings. The zero-order chi connectivity index (χ0) is 15.6. The topological polar surface area (TPSA) is 78.8 Å². The molecule has 0 saturated carbocycles. The fourth-order valence-electron chi connectivity index (χ4n) is 2.35.